The Labute approximate surface area is 92.6 Å². The number of nitrogens with zero attached hydrogens (tertiary/aromatic N) is 1. The van der Waals surface area contributed by atoms with Gasteiger partial charge < -0.3 is 10.0 Å². The number of carbonyl (C=O) groups excluding carboxylic acids is 1. The van der Waals surface area contributed by atoms with Crippen LogP contribution in [-0.4, -0.2) is 39.4 Å². The van der Waals surface area contributed by atoms with Crippen LogP contribution < -0.4 is 0 Å². The van der Waals surface area contributed by atoms with E-state index in [0.29, 0.717) is 0 Å². The van der Waals surface area contributed by atoms with Crippen LogP contribution in [0, 0.1) is 0 Å². The lowest BCUT2D eigenvalue weighted by atomic mass is 9.78. The molecule has 1 aliphatic carbocycles. The predicted octanol–water partition coefficient (Wildman–Crippen LogP) is 1.29. The molecule has 1 saturated carbocycles. The summed E-state index contributed by atoms with van der Waals surface area (Å²) in [5.41, 5.74) is -0.454. The van der Waals surface area contributed by atoms with Crippen molar-refractivity contribution in [2.45, 2.75) is 42.5 Å². The molecule has 1 amide bonds. The fourth-order valence-electron chi connectivity index (χ4n) is 2.10. The number of alkyl halides is 1. The van der Waals surface area contributed by atoms with Gasteiger partial charge in [-0.1, -0.05) is 15.9 Å². The number of carbonyl (C=O) groups is 1. The van der Waals surface area contributed by atoms with E-state index in [1.165, 1.54) is 0 Å². The topological polar surface area (TPSA) is 40.5 Å². The number of hydrogen-bond acceptors (Lipinski definition) is 2. The molecule has 0 aromatic carbocycles. The van der Waals surface area contributed by atoms with Crippen LogP contribution in [0.5, 0.6) is 0 Å². The fourth-order valence-corrected chi connectivity index (χ4v) is 2.60. The highest BCUT2D eigenvalue weighted by molar-refractivity contribution is 9.10. The van der Waals surface area contributed by atoms with Crippen LogP contribution in [0.4, 0.5) is 0 Å². The Hall–Kier alpha value is -0.0900. The Morgan fingerprint density at radius 2 is 2.29 bits per heavy atom. The summed E-state index contributed by atoms with van der Waals surface area (Å²) < 4.78 is 0. The average Bonchev–Trinajstić information content (AvgIpc) is 2.42. The number of aliphatic hydroxyl groups is 1. The molecule has 0 aromatic rings. The van der Waals surface area contributed by atoms with Gasteiger partial charge >= 0.3 is 0 Å². The summed E-state index contributed by atoms with van der Waals surface area (Å²) in [5, 5.41) is 9.87. The van der Waals surface area contributed by atoms with Crippen molar-refractivity contribution in [2.24, 2.45) is 0 Å². The van der Waals surface area contributed by atoms with Gasteiger partial charge in [0.2, 0.25) is 5.91 Å². The van der Waals surface area contributed by atoms with Crippen LogP contribution in [0.3, 0.4) is 0 Å². The predicted molar refractivity (Wildman–Crippen MR) is 57.3 cm³/mol. The molecule has 3 nitrogen and oxygen atoms in total. The largest absolute Gasteiger partial charge is 0.390 e. The molecule has 1 aliphatic heterocycles. The second-order valence-corrected chi connectivity index (χ2v) is 5.51. The summed E-state index contributed by atoms with van der Waals surface area (Å²) in [6.45, 7) is 1.56. The first-order valence-electron chi connectivity index (χ1n) is 5.26. The van der Waals surface area contributed by atoms with E-state index in [4.69, 9.17) is 0 Å². The highest BCUT2D eigenvalue weighted by Gasteiger charge is 2.36. The third-order valence-electron chi connectivity index (χ3n) is 3.36. The number of amides is 1. The molecule has 1 atom stereocenters. The first kappa shape index (κ1) is 10.4. The molecule has 14 heavy (non-hydrogen) atoms. The molecule has 2 fully saturated rings. The van der Waals surface area contributed by atoms with Gasteiger partial charge in [0.25, 0.3) is 0 Å². The molecule has 0 aromatic heterocycles. The molecular formula is C10H16BrNO2. The molecule has 0 bridgehead atoms. The number of hydrogen-bond donors (Lipinski definition) is 1. The number of likely N-dealkylation sites (tertiary alicyclic amines) is 1. The molecule has 4 heteroatoms. The van der Waals surface area contributed by atoms with E-state index in [-0.39, 0.29) is 10.7 Å². The zero-order valence-electron chi connectivity index (χ0n) is 8.21. The van der Waals surface area contributed by atoms with Gasteiger partial charge in [-0.15, -0.1) is 0 Å². The third-order valence-corrected chi connectivity index (χ3v) is 4.21. The molecule has 2 aliphatic rings. The second kappa shape index (κ2) is 3.81. The number of rotatable bonds is 3. The fraction of sp³-hybridized carbons (Fsp3) is 0.900. The third kappa shape index (κ3) is 1.96. The van der Waals surface area contributed by atoms with Gasteiger partial charge in [-0.25, -0.2) is 0 Å². The standard InChI is InChI=1S/C10H16BrNO2/c11-8-2-6-12(9(8)13)7-5-10(14)3-1-4-10/h8,14H,1-7H2. The Bertz CT molecular complexity index is 240. The summed E-state index contributed by atoms with van der Waals surface area (Å²) in [7, 11) is 0. The quantitative estimate of drug-likeness (QED) is 0.778. The van der Waals surface area contributed by atoms with Crippen molar-refractivity contribution in [3.8, 4) is 0 Å². The lowest BCUT2D eigenvalue weighted by molar-refractivity contribution is -0.128. The summed E-state index contributed by atoms with van der Waals surface area (Å²) in [5.74, 6) is 0.188. The summed E-state index contributed by atoms with van der Waals surface area (Å²) in [6, 6.07) is 0. The molecule has 1 heterocycles. The van der Waals surface area contributed by atoms with Crippen molar-refractivity contribution in [1.29, 1.82) is 0 Å². The van der Waals surface area contributed by atoms with Crippen molar-refractivity contribution >= 4 is 21.8 Å². The minimum absolute atomic E-state index is 0.0125. The normalized spacial score (nSPS) is 30.6. The van der Waals surface area contributed by atoms with Gasteiger partial charge in [-0.2, -0.15) is 0 Å². The molecular weight excluding hydrogens is 246 g/mol. The van der Waals surface area contributed by atoms with E-state index >= 15 is 0 Å². The maximum atomic E-state index is 11.5. The Morgan fingerprint density at radius 3 is 2.71 bits per heavy atom. The molecule has 2 rings (SSSR count). The van der Waals surface area contributed by atoms with Crippen molar-refractivity contribution in [3.63, 3.8) is 0 Å². The van der Waals surface area contributed by atoms with Crippen LogP contribution in [0.25, 0.3) is 0 Å². The SMILES string of the molecule is O=C1C(Br)CCN1CCC1(O)CCC1. The summed E-state index contributed by atoms with van der Waals surface area (Å²) in [4.78, 5) is 13.4. The van der Waals surface area contributed by atoms with E-state index in [1.54, 1.807) is 0 Å². The molecule has 1 unspecified atom stereocenters. The van der Waals surface area contributed by atoms with Crippen LogP contribution in [0.15, 0.2) is 0 Å². The highest BCUT2D eigenvalue weighted by Crippen LogP contribution is 2.35. The first-order chi connectivity index (χ1) is 6.61. The zero-order chi connectivity index (χ0) is 10.2. The lowest BCUT2D eigenvalue weighted by Crippen LogP contribution is -2.41. The van der Waals surface area contributed by atoms with E-state index in [2.05, 4.69) is 15.9 Å². The van der Waals surface area contributed by atoms with E-state index < -0.39 is 5.60 Å². The Kier molecular flexibility index (Phi) is 2.84. The Balaban J connectivity index is 1.78. The van der Waals surface area contributed by atoms with Crippen molar-refractivity contribution in [1.82, 2.24) is 4.90 Å². The van der Waals surface area contributed by atoms with Gasteiger partial charge in [0.05, 0.1) is 10.4 Å². The first-order valence-corrected chi connectivity index (χ1v) is 6.18. The average molecular weight is 262 g/mol. The molecule has 0 spiro atoms. The van der Waals surface area contributed by atoms with Crippen molar-refractivity contribution < 1.29 is 9.90 Å². The lowest BCUT2D eigenvalue weighted by Gasteiger charge is -2.37. The smallest absolute Gasteiger partial charge is 0.236 e. The molecule has 1 N–H and O–H groups in total. The molecule has 1 saturated heterocycles. The number of halogens is 1. The molecule has 80 valence electrons. The van der Waals surface area contributed by atoms with E-state index in [1.807, 2.05) is 4.90 Å². The van der Waals surface area contributed by atoms with Crippen molar-refractivity contribution in [3.05, 3.63) is 0 Å². The van der Waals surface area contributed by atoms with E-state index in [0.717, 1.165) is 45.2 Å². The minimum atomic E-state index is -0.454. The van der Waals surface area contributed by atoms with E-state index in [9.17, 15) is 9.90 Å². The van der Waals surface area contributed by atoms with Crippen LogP contribution in [0.2, 0.25) is 0 Å². The van der Waals surface area contributed by atoms with Gasteiger partial charge in [-0.3, -0.25) is 4.79 Å². The molecule has 0 radical (unpaired) electrons. The van der Waals surface area contributed by atoms with Crippen LogP contribution in [-0.2, 0) is 4.79 Å². The maximum Gasteiger partial charge on any atom is 0.236 e. The van der Waals surface area contributed by atoms with Gasteiger partial charge in [-0.05, 0) is 32.1 Å². The van der Waals surface area contributed by atoms with Gasteiger partial charge in [0, 0.05) is 13.1 Å². The van der Waals surface area contributed by atoms with Crippen LogP contribution >= 0.6 is 15.9 Å². The summed E-state index contributed by atoms with van der Waals surface area (Å²) in [6.07, 6.45) is 4.60. The monoisotopic (exact) mass is 261 g/mol. The summed E-state index contributed by atoms with van der Waals surface area (Å²) >= 11 is 3.34. The maximum absolute atomic E-state index is 11.5. The highest BCUT2D eigenvalue weighted by atomic mass is 79.9. The van der Waals surface area contributed by atoms with Crippen molar-refractivity contribution in [2.75, 3.05) is 13.1 Å². The van der Waals surface area contributed by atoms with Crippen LogP contribution in [0.1, 0.15) is 32.1 Å². The zero-order valence-corrected chi connectivity index (χ0v) is 9.79. The Morgan fingerprint density at radius 1 is 1.57 bits per heavy atom. The van der Waals surface area contributed by atoms with Gasteiger partial charge in [0.1, 0.15) is 0 Å². The minimum Gasteiger partial charge on any atom is -0.390 e. The van der Waals surface area contributed by atoms with Gasteiger partial charge in [0.15, 0.2) is 0 Å². The second-order valence-electron chi connectivity index (χ2n) is 4.41.